The summed E-state index contributed by atoms with van der Waals surface area (Å²) in [6, 6.07) is 9.46. The number of aliphatic hydroxyl groups is 1. The van der Waals surface area contributed by atoms with Crippen molar-refractivity contribution >= 4 is 0 Å². The van der Waals surface area contributed by atoms with Crippen molar-refractivity contribution in [3.8, 4) is 0 Å². The van der Waals surface area contributed by atoms with Crippen LogP contribution in [0.4, 0.5) is 0 Å². The van der Waals surface area contributed by atoms with E-state index in [-0.39, 0.29) is 0 Å². The Hall–Kier alpha value is -0.860. The van der Waals surface area contributed by atoms with Crippen LogP contribution in [0.1, 0.15) is 36.8 Å². The first-order chi connectivity index (χ1) is 8.81. The van der Waals surface area contributed by atoms with Crippen molar-refractivity contribution in [3.05, 3.63) is 35.4 Å². The molecule has 3 rings (SSSR count). The maximum atomic E-state index is 9.08. The summed E-state index contributed by atoms with van der Waals surface area (Å²) in [7, 11) is 0. The van der Waals surface area contributed by atoms with E-state index in [2.05, 4.69) is 29.6 Å². The Bertz CT molecular complexity index is 411. The van der Waals surface area contributed by atoms with Crippen LogP contribution in [-0.4, -0.2) is 24.3 Å². The van der Waals surface area contributed by atoms with E-state index in [1.54, 1.807) is 0 Å². The van der Waals surface area contributed by atoms with Crippen molar-refractivity contribution in [2.24, 2.45) is 5.41 Å². The molecule has 2 aliphatic carbocycles. The zero-order chi connectivity index (χ0) is 12.4. The number of fused-ring (bicyclic) bond motifs is 1. The van der Waals surface area contributed by atoms with Gasteiger partial charge in [0, 0.05) is 19.2 Å². The molecule has 2 heteroatoms. The van der Waals surface area contributed by atoms with Crippen LogP contribution >= 0.6 is 0 Å². The van der Waals surface area contributed by atoms with Crippen LogP contribution in [0.2, 0.25) is 0 Å². The lowest BCUT2D eigenvalue weighted by Gasteiger charge is -2.27. The Labute approximate surface area is 109 Å². The average molecular weight is 245 g/mol. The van der Waals surface area contributed by atoms with Gasteiger partial charge in [0.05, 0.1) is 0 Å². The average Bonchev–Trinajstić information content (AvgIpc) is 3.17. The lowest BCUT2D eigenvalue weighted by Crippen LogP contribution is -2.38. The summed E-state index contributed by atoms with van der Waals surface area (Å²) in [5.41, 5.74) is 3.49. The van der Waals surface area contributed by atoms with Crippen molar-refractivity contribution in [2.75, 3.05) is 13.2 Å². The van der Waals surface area contributed by atoms with E-state index >= 15 is 0 Å². The van der Waals surface area contributed by atoms with Gasteiger partial charge >= 0.3 is 0 Å². The van der Waals surface area contributed by atoms with Crippen LogP contribution in [0.3, 0.4) is 0 Å². The highest BCUT2D eigenvalue weighted by Gasteiger charge is 2.41. The maximum Gasteiger partial charge on any atom is 0.0436 e. The first-order valence-electron chi connectivity index (χ1n) is 7.22. The molecule has 18 heavy (non-hydrogen) atoms. The van der Waals surface area contributed by atoms with Crippen LogP contribution in [0.15, 0.2) is 24.3 Å². The number of nitrogens with one attached hydrogen (secondary N) is 1. The number of rotatable bonds is 5. The lowest BCUT2D eigenvalue weighted by atomic mass is 9.88. The number of aliphatic hydroxyl groups excluding tert-OH is 1. The Morgan fingerprint density at radius 1 is 1.22 bits per heavy atom. The van der Waals surface area contributed by atoms with Crippen LogP contribution < -0.4 is 5.32 Å². The molecule has 1 aromatic rings. The maximum absolute atomic E-state index is 9.08. The third-order valence-electron chi connectivity index (χ3n) is 4.71. The van der Waals surface area contributed by atoms with E-state index in [0.717, 1.165) is 13.0 Å². The van der Waals surface area contributed by atoms with E-state index < -0.39 is 0 Å². The Balaban J connectivity index is 1.54. The quantitative estimate of drug-likeness (QED) is 0.834. The van der Waals surface area contributed by atoms with Crippen LogP contribution in [0.25, 0.3) is 0 Å². The van der Waals surface area contributed by atoms with Gasteiger partial charge in [0.2, 0.25) is 0 Å². The van der Waals surface area contributed by atoms with Crippen molar-refractivity contribution in [2.45, 2.75) is 44.6 Å². The third-order valence-corrected chi connectivity index (χ3v) is 4.71. The highest BCUT2D eigenvalue weighted by atomic mass is 16.3. The number of benzene rings is 1. The zero-order valence-electron chi connectivity index (χ0n) is 11.0. The molecule has 0 spiro atoms. The monoisotopic (exact) mass is 245 g/mol. The predicted octanol–water partition coefficient (Wildman–Crippen LogP) is 2.30. The summed E-state index contributed by atoms with van der Waals surface area (Å²) in [5, 5.41) is 12.8. The molecule has 1 atom stereocenters. The van der Waals surface area contributed by atoms with Gasteiger partial charge in [-0.1, -0.05) is 24.3 Å². The van der Waals surface area contributed by atoms with Crippen LogP contribution in [0, 0.1) is 5.41 Å². The molecular formula is C16H23NO. The van der Waals surface area contributed by atoms with Crippen molar-refractivity contribution < 1.29 is 5.11 Å². The van der Waals surface area contributed by atoms with Crippen LogP contribution in [0.5, 0.6) is 0 Å². The SMILES string of the molecule is OCCC1(CNC2CCc3ccccc3C2)CC1. The summed E-state index contributed by atoms with van der Waals surface area (Å²) in [4.78, 5) is 0. The number of hydrogen-bond acceptors (Lipinski definition) is 2. The fourth-order valence-electron chi connectivity index (χ4n) is 3.16. The van der Waals surface area contributed by atoms with Gasteiger partial charge in [-0.3, -0.25) is 0 Å². The molecule has 0 radical (unpaired) electrons. The van der Waals surface area contributed by atoms with Crippen molar-refractivity contribution in [3.63, 3.8) is 0 Å². The molecule has 98 valence electrons. The minimum atomic E-state index is 0.342. The summed E-state index contributed by atoms with van der Waals surface area (Å²) in [6.07, 6.45) is 7.20. The molecule has 0 aliphatic heterocycles. The minimum Gasteiger partial charge on any atom is -0.396 e. The van der Waals surface area contributed by atoms with Gasteiger partial charge in [0.25, 0.3) is 0 Å². The lowest BCUT2D eigenvalue weighted by molar-refractivity contribution is 0.240. The fraction of sp³-hybridized carbons (Fsp3) is 0.625. The summed E-state index contributed by atoms with van der Waals surface area (Å²) in [5.74, 6) is 0. The molecule has 1 saturated carbocycles. The van der Waals surface area contributed by atoms with E-state index in [1.165, 1.54) is 43.2 Å². The van der Waals surface area contributed by atoms with Gasteiger partial charge < -0.3 is 10.4 Å². The van der Waals surface area contributed by atoms with Crippen LogP contribution in [-0.2, 0) is 12.8 Å². The molecular weight excluding hydrogens is 222 g/mol. The molecule has 0 heterocycles. The van der Waals surface area contributed by atoms with Gasteiger partial charge in [-0.15, -0.1) is 0 Å². The topological polar surface area (TPSA) is 32.3 Å². The third kappa shape index (κ3) is 2.60. The van der Waals surface area contributed by atoms with Gasteiger partial charge in [0.15, 0.2) is 0 Å². The largest absolute Gasteiger partial charge is 0.396 e. The highest BCUT2D eigenvalue weighted by molar-refractivity contribution is 5.30. The van der Waals surface area contributed by atoms with E-state index in [1.807, 2.05) is 0 Å². The molecule has 1 fully saturated rings. The van der Waals surface area contributed by atoms with E-state index in [4.69, 9.17) is 5.11 Å². The number of hydrogen-bond donors (Lipinski definition) is 2. The van der Waals surface area contributed by atoms with Gasteiger partial charge in [-0.05, 0) is 55.1 Å². The predicted molar refractivity (Wildman–Crippen MR) is 73.6 cm³/mol. The molecule has 1 aromatic carbocycles. The second kappa shape index (κ2) is 5.02. The standard InChI is InChI=1S/C16H23NO/c18-10-9-16(7-8-16)12-17-15-6-5-13-3-1-2-4-14(13)11-15/h1-4,15,17-18H,5-12H2. The zero-order valence-corrected chi connectivity index (χ0v) is 11.0. The van der Waals surface area contributed by atoms with Crippen molar-refractivity contribution in [1.29, 1.82) is 0 Å². The normalized spacial score (nSPS) is 24.6. The first-order valence-corrected chi connectivity index (χ1v) is 7.22. The second-order valence-electron chi connectivity index (χ2n) is 6.06. The molecule has 2 nitrogen and oxygen atoms in total. The minimum absolute atomic E-state index is 0.342. The smallest absolute Gasteiger partial charge is 0.0436 e. The molecule has 2 aliphatic rings. The Morgan fingerprint density at radius 3 is 2.72 bits per heavy atom. The van der Waals surface area contributed by atoms with Gasteiger partial charge in [0.1, 0.15) is 0 Å². The Morgan fingerprint density at radius 2 is 2.00 bits per heavy atom. The van der Waals surface area contributed by atoms with E-state index in [9.17, 15) is 0 Å². The molecule has 0 amide bonds. The molecule has 1 unspecified atom stereocenters. The fourth-order valence-corrected chi connectivity index (χ4v) is 3.16. The molecule has 0 bridgehead atoms. The highest BCUT2D eigenvalue weighted by Crippen LogP contribution is 2.48. The molecule has 0 aromatic heterocycles. The summed E-state index contributed by atoms with van der Waals surface area (Å²) < 4.78 is 0. The second-order valence-corrected chi connectivity index (χ2v) is 6.06. The Kier molecular flexibility index (Phi) is 3.40. The van der Waals surface area contributed by atoms with E-state index in [0.29, 0.717) is 18.1 Å². The summed E-state index contributed by atoms with van der Waals surface area (Å²) in [6.45, 7) is 1.44. The summed E-state index contributed by atoms with van der Waals surface area (Å²) >= 11 is 0. The molecule has 2 N–H and O–H groups in total. The van der Waals surface area contributed by atoms with Gasteiger partial charge in [-0.25, -0.2) is 0 Å². The first kappa shape index (κ1) is 12.2. The number of aryl methyl sites for hydroxylation is 1. The van der Waals surface area contributed by atoms with Crippen molar-refractivity contribution in [1.82, 2.24) is 5.32 Å². The van der Waals surface area contributed by atoms with Gasteiger partial charge in [-0.2, -0.15) is 0 Å². The molecule has 0 saturated heterocycles.